The molecule has 0 heterocycles. The summed E-state index contributed by atoms with van der Waals surface area (Å²) in [4.78, 5) is 11.4. The summed E-state index contributed by atoms with van der Waals surface area (Å²) in [5, 5.41) is 0. The molecule has 2 rings (SSSR count). The first kappa shape index (κ1) is 12.5. The van der Waals surface area contributed by atoms with Crippen molar-refractivity contribution in [3.8, 4) is 0 Å². The fraction of sp³-hybridized carbons (Fsp3) is 0.214. The van der Waals surface area contributed by atoms with Crippen LogP contribution in [0.25, 0.3) is 0 Å². The number of benzene rings is 1. The van der Waals surface area contributed by atoms with Crippen LogP contribution in [0, 0.1) is 5.92 Å². The summed E-state index contributed by atoms with van der Waals surface area (Å²) in [7, 11) is 0. The molecule has 0 spiro atoms. The number of allylic oxidation sites excluding steroid dienone is 3. The first-order valence-corrected chi connectivity index (χ1v) is 5.56. The lowest BCUT2D eigenvalue weighted by atomic mass is 9.74. The minimum atomic E-state index is -2.08. The molecule has 1 aromatic carbocycles. The molecular weight excluding hydrogens is 236 g/mol. The van der Waals surface area contributed by atoms with Gasteiger partial charge in [-0.3, -0.25) is 4.79 Å². The van der Waals surface area contributed by atoms with E-state index in [0.717, 1.165) is 12.2 Å². The van der Waals surface area contributed by atoms with Crippen molar-refractivity contribution in [2.75, 3.05) is 0 Å². The number of carbonyl (C=O) groups excluding carboxylic acids is 1. The van der Waals surface area contributed by atoms with E-state index < -0.39 is 23.3 Å². The largest absolute Gasteiger partial charge is 0.369 e. The fourth-order valence-electron chi connectivity index (χ4n) is 2.25. The Balaban J connectivity index is 2.59. The molecule has 1 aliphatic rings. The molecule has 1 aliphatic carbocycles. The lowest BCUT2D eigenvalue weighted by Gasteiger charge is -2.34. The average Bonchev–Trinajstić information content (AvgIpc) is 2.34. The summed E-state index contributed by atoms with van der Waals surface area (Å²) in [6, 6.07) is 8.19. The Morgan fingerprint density at radius 1 is 1.33 bits per heavy atom. The highest BCUT2D eigenvalue weighted by atomic mass is 19.1. The Bertz CT molecular complexity index is 536. The van der Waals surface area contributed by atoms with Gasteiger partial charge in [-0.15, -0.1) is 0 Å². The van der Waals surface area contributed by atoms with Gasteiger partial charge >= 0.3 is 0 Å². The number of rotatable bonds is 2. The molecule has 2 nitrogen and oxygen atoms in total. The van der Waals surface area contributed by atoms with E-state index in [-0.39, 0.29) is 5.57 Å². The molecule has 0 aromatic heterocycles. The zero-order valence-corrected chi connectivity index (χ0v) is 9.86. The van der Waals surface area contributed by atoms with Crippen LogP contribution in [0.2, 0.25) is 0 Å². The smallest absolute Gasteiger partial charge is 0.228 e. The van der Waals surface area contributed by atoms with Gasteiger partial charge in [-0.2, -0.15) is 0 Å². The predicted molar refractivity (Wildman–Crippen MR) is 64.9 cm³/mol. The quantitative estimate of drug-likeness (QED) is 0.860. The van der Waals surface area contributed by atoms with Gasteiger partial charge in [0, 0.05) is 0 Å². The maximum absolute atomic E-state index is 15.2. The molecule has 0 radical (unpaired) electrons. The molecular formula is C14H13F2NO. The van der Waals surface area contributed by atoms with Crippen molar-refractivity contribution in [2.24, 2.45) is 11.7 Å². The number of amides is 1. The lowest BCUT2D eigenvalue weighted by Crippen LogP contribution is -2.41. The van der Waals surface area contributed by atoms with Crippen molar-refractivity contribution in [1.82, 2.24) is 0 Å². The van der Waals surface area contributed by atoms with Crippen LogP contribution in [-0.2, 0) is 10.5 Å². The topological polar surface area (TPSA) is 43.1 Å². The van der Waals surface area contributed by atoms with Crippen molar-refractivity contribution in [1.29, 1.82) is 0 Å². The number of hydrogen-bond donors (Lipinski definition) is 1. The molecule has 2 N–H and O–H groups in total. The second-order valence-corrected chi connectivity index (χ2v) is 4.34. The number of alkyl halides is 1. The molecule has 2 atom stereocenters. The van der Waals surface area contributed by atoms with Gasteiger partial charge in [0.2, 0.25) is 5.91 Å². The molecule has 0 saturated carbocycles. The Morgan fingerprint density at radius 3 is 2.50 bits per heavy atom. The molecule has 1 aromatic rings. The van der Waals surface area contributed by atoms with Gasteiger partial charge in [-0.05, 0) is 30.2 Å². The van der Waals surface area contributed by atoms with Crippen molar-refractivity contribution in [3.63, 3.8) is 0 Å². The van der Waals surface area contributed by atoms with E-state index in [9.17, 15) is 9.18 Å². The number of hydrogen-bond acceptors (Lipinski definition) is 1. The molecule has 94 valence electrons. The van der Waals surface area contributed by atoms with Gasteiger partial charge in [0.05, 0.1) is 0 Å². The highest BCUT2D eigenvalue weighted by molar-refractivity contribution is 5.82. The van der Waals surface area contributed by atoms with E-state index in [1.807, 2.05) is 0 Å². The number of halogens is 2. The summed E-state index contributed by atoms with van der Waals surface area (Å²) < 4.78 is 28.5. The van der Waals surface area contributed by atoms with E-state index in [0.29, 0.717) is 5.56 Å². The molecule has 0 fully saturated rings. The average molecular weight is 249 g/mol. The van der Waals surface area contributed by atoms with E-state index >= 15 is 4.39 Å². The van der Waals surface area contributed by atoms with Crippen LogP contribution in [0.5, 0.6) is 0 Å². The Labute approximate surface area is 104 Å². The maximum atomic E-state index is 15.2. The van der Waals surface area contributed by atoms with E-state index in [2.05, 4.69) is 0 Å². The fourth-order valence-corrected chi connectivity index (χ4v) is 2.25. The molecule has 0 saturated heterocycles. The maximum Gasteiger partial charge on any atom is 0.228 e. The Morgan fingerprint density at radius 2 is 1.94 bits per heavy atom. The molecule has 1 amide bonds. The third-order valence-electron chi connectivity index (χ3n) is 3.18. The second-order valence-electron chi connectivity index (χ2n) is 4.34. The Hall–Kier alpha value is -1.97. The van der Waals surface area contributed by atoms with E-state index in [4.69, 9.17) is 5.73 Å². The monoisotopic (exact) mass is 249 g/mol. The SMILES string of the molecule is CC1=CC(F)=CC(C(N)=O)C1(F)c1ccccc1. The van der Waals surface area contributed by atoms with Gasteiger partial charge < -0.3 is 5.73 Å². The minimum absolute atomic E-state index is 0.137. The van der Waals surface area contributed by atoms with Crippen LogP contribution in [-0.4, -0.2) is 5.91 Å². The molecule has 0 aliphatic heterocycles. The second kappa shape index (κ2) is 4.37. The van der Waals surface area contributed by atoms with Crippen LogP contribution < -0.4 is 5.73 Å². The summed E-state index contributed by atoms with van der Waals surface area (Å²) >= 11 is 0. The van der Waals surface area contributed by atoms with E-state index in [1.165, 1.54) is 6.92 Å². The van der Waals surface area contributed by atoms with Gasteiger partial charge in [0.15, 0.2) is 5.67 Å². The lowest BCUT2D eigenvalue weighted by molar-refractivity contribution is -0.124. The molecule has 2 unspecified atom stereocenters. The first-order valence-electron chi connectivity index (χ1n) is 5.56. The van der Waals surface area contributed by atoms with Crippen molar-refractivity contribution < 1.29 is 13.6 Å². The molecule has 18 heavy (non-hydrogen) atoms. The summed E-state index contributed by atoms with van der Waals surface area (Å²) in [5.41, 5.74) is 3.54. The van der Waals surface area contributed by atoms with Crippen LogP contribution >= 0.6 is 0 Å². The first-order chi connectivity index (χ1) is 8.46. The molecule has 0 bridgehead atoms. The van der Waals surface area contributed by atoms with Crippen LogP contribution in [0.15, 0.2) is 53.9 Å². The summed E-state index contributed by atoms with van der Waals surface area (Å²) in [5.74, 6) is -2.85. The van der Waals surface area contributed by atoms with Gasteiger partial charge in [0.25, 0.3) is 0 Å². The van der Waals surface area contributed by atoms with Crippen molar-refractivity contribution >= 4 is 5.91 Å². The highest BCUT2D eigenvalue weighted by Crippen LogP contribution is 2.45. The Kier molecular flexibility index (Phi) is 3.03. The zero-order chi connectivity index (χ0) is 13.3. The number of carbonyl (C=O) groups is 1. The van der Waals surface area contributed by atoms with Gasteiger partial charge in [-0.1, -0.05) is 30.3 Å². The summed E-state index contributed by atoms with van der Waals surface area (Å²) in [6.45, 7) is 1.45. The highest BCUT2D eigenvalue weighted by Gasteiger charge is 2.46. The predicted octanol–water partition coefficient (Wildman–Crippen LogP) is 2.77. The zero-order valence-electron chi connectivity index (χ0n) is 9.86. The third-order valence-corrected chi connectivity index (χ3v) is 3.18. The minimum Gasteiger partial charge on any atom is -0.369 e. The molecule has 4 heteroatoms. The van der Waals surface area contributed by atoms with E-state index in [1.54, 1.807) is 30.3 Å². The standard InChI is InChI=1S/C14H13F2NO/c1-9-7-11(15)8-12(13(17)18)14(9,16)10-5-3-2-4-6-10/h2-8,12H,1H3,(H2,17,18). The van der Waals surface area contributed by atoms with Crippen LogP contribution in [0.1, 0.15) is 12.5 Å². The normalized spacial score (nSPS) is 27.4. The van der Waals surface area contributed by atoms with Crippen molar-refractivity contribution in [2.45, 2.75) is 12.6 Å². The van der Waals surface area contributed by atoms with Gasteiger partial charge in [-0.25, -0.2) is 8.78 Å². The third kappa shape index (κ3) is 1.83. The van der Waals surface area contributed by atoms with Gasteiger partial charge in [0.1, 0.15) is 11.7 Å². The summed E-state index contributed by atoms with van der Waals surface area (Å²) in [6.07, 6.45) is 2.02. The number of primary amides is 1. The van der Waals surface area contributed by atoms with Crippen LogP contribution in [0.3, 0.4) is 0 Å². The van der Waals surface area contributed by atoms with Crippen molar-refractivity contribution in [3.05, 3.63) is 59.4 Å². The number of nitrogens with two attached hydrogens (primary N) is 1. The van der Waals surface area contributed by atoms with Crippen LogP contribution in [0.4, 0.5) is 8.78 Å².